The molecule has 4 nitrogen and oxygen atoms in total. The predicted molar refractivity (Wildman–Crippen MR) is 128 cm³/mol. The number of carbonyl (C=O) groups is 1. The molecule has 1 amide bonds. The first kappa shape index (κ1) is 21.9. The van der Waals surface area contributed by atoms with Gasteiger partial charge in [-0.15, -0.1) is 0 Å². The zero-order valence-electron chi connectivity index (χ0n) is 17.1. The minimum absolute atomic E-state index is 0.0874. The fraction of sp³-hybridized carbons (Fsp3) is 0.240. The molecule has 0 N–H and O–H groups in total. The van der Waals surface area contributed by atoms with Gasteiger partial charge in [-0.2, -0.15) is 0 Å². The predicted octanol–water partition coefficient (Wildman–Crippen LogP) is 5.64. The van der Waals surface area contributed by atoms with Crippen LogP contribution < -0.4 is 4.74 Å². The molecule has 0 radical (unpaired) electrons. The van der Waals surface area contributed by atoms with E-state index in [1.165, 1.54) is 5.56 Å². The van der Waals surface area contributed by atoms with E-state index in [0.717, 1.165) is 59.1 Å². The maximum atomic E-state index is 12.9. The monoisotopic (exact) mass is 498 g/mol. The number of benzene rings is 3. The van der Waals surface area contributed by atoms with Crippen LogP contribution in [0.4, 0.5) is 0 Å². The second-order valence-corrected chi connectivity index (χ2v) is 8.90. The van der Waals surface area contributed by atoms with E-state index in [-0.39, 0.29) is 5.91 Å². The maximum absolute atomic E-state index is 12.9. The highest BCUT2D eigenvalue weighted by Crippen LogP contribution is 2.24. The van der Waals surface area contributed by atoms with Gasteiger partial charge >= 0.3 is 0 Å². The average molecular weight is 500 g/mol. The van der Waals surface area contributed by atoms with Gasteiger partial charge < -0.3 is 9.64 Å². The number of carbonyl (C=O) groups excluding carboxylic acids is 1. The van der Waals surface area contributed by atoms with Gasteiger partial charge in [0.1, 0.15) is 12.4 Å². The molecule has 3 aromatic rings. The Morgan fingerprint density at radius 3 is 2.19 bits per heavy atom. The minimum atomic E-state index is 0.0874. The SMILES string of the molecule is O=C(c1ccc(COc2ccccc2Br)cc1)N1CCN(Cc2ccc(Cl)cc2)CC1. The lowest BCUT2D eigenvalue weighted by Gasteiger charge is -2.34. The number of amides is 1. The van der Waals surface area contributed by atoms with Crippen molar-refractivity contribution in [2.75, 3.05) is 26.2 Å². The van der Waals surface area contributed by atoms with Crippen molar-refractivity contribution in [1.29, 1.82) is 0 Å². The van der Waals surface area contributed by atoms with E-state index in [9.17, 15) is 4.79 Å². The highest BCUT2D eigenvalue weighted by molar-refractivity contribution is 9.10. The van der Waals surface area contributed by atoms with Crippen molar-refractivity contribution in [3.8, 4) is 5.75 Å². The Hall–Kier alpha value is -2.34. The van der Waals surface area contributed by atoms with Crippen molar-refractivity contribution < 1.29 is 9.53 Å². The average Bonchev–Trinajstić information content (AvgIpc) is 2.80. The third-order valence-corrected chi connectivity index (χ3v) is 6.32. The van der Waals surface area contributed by atoms with Gasteiger partial charge in [0.25, 0.3) is 5.91 Å². The van der Waals surface area contributed by atoms with Crippen LogP contribution in [0.25, 0.3) is 0 Å². The first-order chi connectivity index (χ1) is 15.1. The van der Waals surface area contributed by atoms with E-state index in [4.69, 9.17) is 16.3 Å². The molecular weight excluding hydrogens is 476 g/mol. The molecule has 0 bridgehead atoms. The standard InChI is InChI=1S/C25H24BrClN2O2/c26-23-3-1-2-4-24(23)31-18-20-5-9-21(10-6-20)25(30)29-15-13-28(14-16-29)17-19-7-11-22(27)12-8-19/h1-12H,13-18H2. The molecule has 0 aromatic heterocycles. The van der Waals surface area contributed by atoms with Crippen molar-refractivity contribution in [2.45, 2.75) is 13.2 Å². The van der Waals surface area contributed by atoms with Crippen LogP contribution in [-0.2, 0) is 13.2 Å². The summed E-state index contributed by atoms with van der Waals surface area (Å²) in [6.07, 6.45) is 0. The highest BCUT2D eigenvalue weighted by atomic mass is 79.9. The van der Waals surface area contributed by atoms with Crippen molar-refractivity contribution >= 4 is 33.4 Å². The van der Waals surface area contributed by atoms with Gasteiger partial charge in [0.2, 0.25) is 0 Å². The van der Waals surface area contributed by atoms with E-state index in [1.807, 2.05) is 65.6 Å². The summed E-state index contributed by atoms with van der Waals surface area (Å²) in [5.74, 6) is 0.892. The van der Waals surface area contributed by atoms with Crippen LogP contribution in [0.5, 0.6) is 5.75 Å². The zero-order chi connectivity index (χ0) is 21.6. The van der Waals surface area contributed by atoms with Gasteiger partial charge in [0.05, 0.1) is 4.47 Å². The molecule has 0 atom stereocenters. The molecule has 1 aliphatic heterocycles. The molecule has 6 heteroatoms. The van der Waals surface area contributed by atoms with Crippen LogP contribution >= 0.6 is 27.5 Å². The topological polar surface area (TPSA) is 32.8 Å². The Balaban J connectivity index is 1.27. The molecule has 1 heterocycles. The third kappa shape index (κ3) is 5.88. The zero-order valence-corrected chi connectivity index (χ0v) is 19.5. The van der Waals surface area contributed by atoms with E-state index in [2.05, 4.69) is 33.0 Å². The second-order valence-electron chi connectivity index (χ2n) is 7.61. The first-order valence-corrected chi connectivity index (χ1v) is 11.5. The lowest BCUT2D eigenvalue weighted by atomic mass is 10.1. The molecule has 0 saturated carbocycles. The summed E-state index contributed by atoms with van der Waals surface area (Å²) in [6.45, 7) is 4.54. The summed E-state index contributed by atoms with van der Waals surface area (Å²) in [7, 11) is 0. The fourth-order valence-electron chi connectivity index (χ4n) is 3.61. The summed E-state index contributed by atoms with van der Waals surface area (Å²) in [5.41, 5.74) is 2.99. The molecule has 0 spiro atoms. The molecular formula is C25H24BrClN2O2. The molecule has 3 aromatic carbocycles. The summed E-state index contributed by atoms with van der Waals surface area (Å²) in [5, 5.41) is 0.754. The normalized spacial score (nSPS) is 14.5. The van der Waals surface area contributed by atoms with Crippen LogP contribution in [0.15, 0.2) is 77.3 Å². The Morgan fingerprint density at radius 1 is 0.871 bits per heavy atom. The quantitative estimate of drug-likeness (QED) is 0.440. The van der Waals surface area contributed by atoms with Gasteiger partial charge in [-0.1, -0.05) is 48.0 Å². The Kier molecular flexibility index (Phi) is 7.28. The van der Waals surface area contributed by atoms with Gasteiger partial charge in [-0.05, 0) is 63.5 Å². The van der Waals surface area contributed by atoms with E-state index in [1.54, 1.807) is 0 Å². The number of hydrogen-bond donors (Lipinski definition) is 0. The number of hydrogen-bond acceptors (Lipinski definition) is 3. The fourth-order valence-corrected chi connectivity index (χ4v) is 4.13. The number of para-hydroxylation sites is 1. The van der Waals surface area contributed by atoms with E-state index < -0.39 is 0 Å². The van der Waals surface area contributed by atoms with Gasteiger partial charge in [-0.25, -0.2) is 0 Å². The summed E-state index contributed by atoms with van der Waals surface area (Å²) in [4.78, 5) is 17.2. The maximum Gasteiger partial charge on any atom is 0.253 e. The van der Waals surface area contributed by atoms with Gasteiger partial charge in [0, 0.05) is 43.3 Å². The van der Waals surface area contributed by atoms with Gasteiger partial charge in [0.15, 0.2) is 0 Å². The van der Waals surface area contributed by atoms with Crippen molar-refractivity contribution in [2.24, 2.45) is 0 Å². The number of rotatable bonds is 6. The molecule has 1 fully saturated rings. The lowest BCUT2D eigenvalue weighted by Crippen LogP contribution is -2.48. The number of nitrogens with zero attached hydrogens (tertiary/aromatic N) is 2. The van der Waals surface area contributed by atoms with Crippen molar-refractivity contribution in [3.05, 3.63) is 99.0 Å². The molecule has 0 unspecified atom stereocenters. The van der Waals surface area contributed by atoms with Crippen LogP contribution in [0.3, 0.4) is 0 Å². The Bertz CT molecular complexity index is 1020. The van der Waals surface area contributed by atoms with Crippen LogP contribution in [0.1, 0.15) is 21.5 Å². The Morgan fingerprint density at radius 2 is 1.52 bits per heavy atom. The second kappa shape index (κ2) is 10.3. The highest BCUT2D eigenvalue weighted by Gasteiger charge is 2.22. The minimum Gasteiger partial charge on any atom is -0.488 e. The lowest BCUT2D eigenvalue weighted by molar-refractivity contribution is 0.0628. The van der Waals surface area contributed by atoms with Crippen LogP contribution in [-0.4, -0.2) is 41.9 Å². The smallest absolute Gasteiger partial charge is 0.253 e. The van der Waals surface area contributed by atoms with E-state index >= 15 is 0 Å². The van der Waals surface area contributed by atoms with Crippen molar-refractivity contribution in [3.63, 3.8) is 0 Å². The summed E-state index contributed by atoms with van der Waals surface area (Å²) >= 11 is 9.45. The number of halogens is 2. The van der Waals surface area contributed by atoms with Gasteiger partial charge in [-0.3, -0.25) is 9.69 Å². The first-order valence-electron chi connectivity index (χ1n) is 10.3. The molecule has 0 aliphatic carbocycles. The number of piperazine rings is 1. The number of ether oxygens (including phenoxy) is 1. The molecule has 1 aliphatic rings. The molecule has 160 valence electrons. The summed E-state index contributed by atoms with van der Waals surface area (Å²) < 4.78 is 6.78. The molecule has 31 heavy (non-hydrogen) atoms. The van der Waals surface area contributed by atoms with Crippen LogP contribution in [0.2, 0.25) is 5.02 Å². The largest absolute Gasteiger partial charge is 0.488 e. The van der Waals surface area contributed by atoms with Crippen molar-refractivity contribution in [1.82, 2.24) is 9.80 Å². The Labute approximate surface area is 196 Å². The molecule has 1 saturated heterocycles. The summed E-state index contributed by atoms with van der Waals surface area (Å²) in [6, 6.07) is 23.4. The molecule has 4 rings (SSSR count). The van der Waals surface area contributed by atoms with E-state index in [0.29, 0.717) is 6.61 Å². The van der Waals surface area contributed by atoms with Crippen LogP contribution in [0, 0.1) is 0 Å². The third-order valence-electron chi connectivity index (χ3n) is 5.41.